The van der Waals surface area contributed by atoms with E-state index in [4.69, 9.17) is 21.1 Å². The largest absolute Gasteiger partial charge is 0.480 e. The second-order valence-electron chi connectivity index (χ2n) is 13.3. The number of nitrogens with zero attached hydrogens (tertiary/aromatic N) is 3. The number of aliphatic carboxylic acids is 1. The number of alkyl halides is 2. The van der Waals surface area contributed by atoms with Gasteiger partial charge in [-0.2, -0.15) is 8.78 Å². The van der Waals surface area contributed by atoms with E-state index in [9.17, 15) is 19.5 Å². The third-order valence-corrected chi connectivity index (χ3v) is 9.19. The molecule has 3 heterocycles. The van der Waals surface area contributed by atoms with Gasteiger partial charge in [0, 0.05) is 17.4 Å². The Kier molecular flexibility index (Phi) is 8.59. The topological polar surface area (TPSA) is 119 Å². The van der Waals surface area contributed by atoms with Crippen molar-refractivity contribution in [1.82, 2.24) is 14.9 Å². The number of ether oxygens (including phenoxy) is 2. The molecule has 2 aromatic rings. The second kappa shape index (κ2) is 11.8. The van der Waals surface area contributed by atoms with Crippen molar-refractivity contribution in [2.24, 2.45) is 23.2 Å². The van der Waals surface area contributed by atoms with E-state index in [0.29, 0.717) is 24.3 Å². The van der Waals surface area contributed by atoms with Crippen LogP contribution in [0.25, 0.3) is 11.0 Å². The number of hydrogen-bond donors (Lipinski definition) is 1. The molecule has 1 amide bonds. The molecule has 234 valence electrons. The van der Waals surface area contributed by atoms with E-state index in [1.54, 1.807) is 13.0 Å². The first kappa shape index (κ1) is 31.3. The third-order valence-electron chi connectivity index (χ3n) is 8.96. The van der Waals surface area contributed by atoms with Crippen molar-refractivity contribution in [3.05, 3.63) is 28.9 Å². The van der Waals surface area contributed by atoms with Gasteiger partial charge in [-0.05, 0) is 48.8 Å². The number of carbonyl (C=O) groups excluding carboxylic acids is 2. The van der Waals surface area contributed by atoms with Crippen molar-refractivity contribution in [2.75, 3.05) is 6.54 Å². The SMILES string of the molecule is C[C@@H]1[C@@H]2CN(C(=O)[C@H](C(C)(C)C)CC(=O)O[C@@H]3C[C@H]3CCCCCC(F)(F)c3nc4ccc(Cl)cc4nc3O2)[C@@H]1C(=O)O. The Bertz CT molecular complexity index is 1420. The van der Waals surface area contributed by atoms with Crippen LogP contribution in [0.15, 0.2) is 18.2 Å². The summed E-state index contributed by atoms with van der Waals surface area (Å²) in [5.74, 6) is -7.55. The molecule has 1 aromatic heterocycles. The van der Waals surface area contributed by atoms with Crippen LogP contribution in [0.4, 0.5) is 8.78 Å². The number of rotatable bonds is 1. The lowest BCUT2D eigenvalue weighted by Gasteiger charge is -2.34. The maximum Gasteiger partial charge on any atom is 0.326 e. The maximum atomic E-state index is 15.8. The molecule has 1 aromatic carbocycles. The van der Waals surface area contributed by atoms with Crippen molar-refractivity contribution < 1.29 is 37.7 Å². The summed E-state index contributed by atoms with van der Waals surface area (Å²) in [6, 6.07) is 3.24. The van der Waals surface area contributed by atoms with Crippen LogP contribution in [0.1, 0.15) is 78.3 Å². The molecule has 2 fully saturated rings. The summed E-state index contributed by atoms with van der Waals surface area (Å²) in [6.45, 7) is 6.84. The van der Waals surface area contributed by atoms with Crippen molar-refractivity contribution in [2.45, 2.75) is 96.8 Å². The minimum atomic E-state index is -3.38. The van der Waals surface area contributed by atoms with E-state index in [-0.39, 0.29) is 42.4 Å². The zero-order valence-corrected chi connectivity index (χ0v) is 25.6. The highest BCUT2D eigenvalue weighted by Crippen LogP contribution is 2.43. The molecule has 3 aliphatic rings. The lowest BCUT2D eigenvalue weighted by atomic mass is 9.77. The average Bonchev–Trinajstić information content (AvgIpc) is 3.55. The van der Waals surface area contributed by atoms with Crippen molar-refractivity contribution in [1.29, 1.82) is 0 Å². The van der Waals surface area contributed by atoms with E-state index in [1.165, 1.54) is 17.0 Å². The molecule has 9 nitrogen and oxygen atoms in total. The van der Waals surface area contributed by atoms with Gasteiger partial charge in [0.2, 0.25) is 11.8 Å². The number of amides is 1. The molecular formula is C31H38ClF2N3O6. The third kappa shape index (κ3) is 6.71. The molecule has 2 aliphatic heterocycles. The van der Waals surface area contributed by atoms with E-state index >= 15 is 8.78 Å². The number of esters is 1. The molecule has 1 aliphatic carbocycles. The Morgan fingerprint density at radius 3 is 2.53 bits per heavy atom. The van der Waals surface area contributed by atoms with Crippen LogP contribution in [0.3, 0.4) is 0 Å². The van der Waals surface area contributed by atoms with Crippen LogP contribution in [0.5, 0.6) is 5.88 Å². The molecule has 0 radical (unpaired) electrons. The van der Waals surface area contributed by atoms with Crippen molar-refractivity contribution >= 4 is 40.5 Å². The number of halogens is 3. The van der Waals surface area contributed by atoms with Gasteiger partial charge in [-0.15, -0.1) is 0 Å². The Labute approximate surface area is 254 Å². The Hall–Kier alpha value is -3.08. The van der Waals surface area contributed by atoms with E-state index < -0.39 is 71.2 Å². The molecule has 2 bridgehead atoms. The molecule has 1 N–H and O–H groups in total. The Morgan fingerprint density at radius 2 is 1.84 bits per heavy atom. The first-order valence-electron chi connectivity index (χ1n) is 14.9. The molecule has 43 heavy (non-hydrogen) atoms. The number of fused-ring (bicyclic) bond motifs is 5. The number of carboxylic acids is 1. The summed E-state index contributed by atoms with van der Waals surface area (Å²) >= 11 is 6.13. The fourth-order valence-corrected chi connectivity index (χ4v) is 6.40. The predicted molar refractivity (Wildman–Crippen MR) is 154 cm³/mol. The number of carboxylic acid groups (broad SMARTS) is 1. The van der Waals surface area contributed by atoms with Gasteiger partial charge in [-0.3, -0.25) is 9.59 Å². The first-order chi connectivity index (χ1) is 20.2. The monoisotopic (exact) mass is 621 g/mol. The number of aromatic nitrogens is 2. The summed E-state index contributed by atoms with van der Waals surface area (Å²) in [6.07, 6.45) is 1.09. The number of benzene rings is 1. The highest BCUT2D eigenvalue weighted by Gasteiger charge is 2.51. The molecule has 1 saturated heterocycles. The fourth-order valence-electron chi connectivity index (χ4n) is 6.23. The van der Waals surface area contributed by atoms with E-state index in [1.807, 2.05) is 20.8 Å². The zero-order chi connectivity index (χ0) is 31.3. The molecule has 1 saturated carbocycles. The zero-order valence-electron chi connectivity index (χ0n) is 24.8. The highest BCUT2D eigenvalue weighted by molar-refractivity contribution is 6.31. The lowest BCUT2D eigenvalue weighted by Crippen LogP contribution is -2.48. The van der Waals surface area contributed by atoms with Gasteiger partial charge in [0.1, 0.15) is 18.2 Å². The number of hydrogen-bond acceptors (Lipinski definition) is 7. The Morgan fingerprint density at radius 1 is 1.09 bits per heavy atom. The molecule has 12 heteroatoms. The van der Waals surface area contributed by atoms with Gasteiger partial charge in [0.15, 0.2) is 5.69 Å². The standard InChI is InChI=1S/C31H38ClF2N3O6/c1-16-23-15-37(25(16)29(40)41)28(39)19(30(2,3)4)14-24(38)42-22-12-17(22)8-6-5-7-11-31(33,34)26-27(43-23)36-21-13-18(32)9-10-20(21)35-26/h9-10,13,16-17,19,22-23,25H,5-8,11-12,14-15H2,1-4H3,(H,40,41)/t16-,17-,19-,22-,23+,25+/m1/s1. The summed E-state index contributed by atoms with van der Waals surface area (Å²) in [5.41, 5.74) is -0.847. The normalized spacial score (nSPS) is 30.3. The highest BCUT2D eigenvalue weighted by atomic mass is 35.5. The molecule has 5 rings (SSSR count). The van der Waals surface area contributed by atoms with Gasteiger partial charge < -0.3 is 19.5 Å². The lowest BCUT2D eigenvalue weighted by molar-refractivity contribution is -0.157. The molecule has 0 spiro atoms. The summed E-state index contributed by atoms with van der Waals surface area (Å²) < 4.78 is 43.3. The second-order valence-corrected chi connectivity index (χ2v) is 13.7. The van der Waals surface area contributed by atoms with Crippen LogP contribution < -0.4 is 4.74 Å². The Balaban J connectivity index is 1.55. The summed E-state index contributed by atoms with van der Waals surface area (Å²) in [5, 5.41) is 10.5. The van der Waals surface area contributed by atoms with Crippen LogP contribution in [0, 0.1) is 23.2 Å². The molecular weight excluding hydrogens is 584 g/mol. The first-order valence-corrected chi connectivity index (χ1v) is 15.3. The molecule has 6 atom stereocenters. The van der Waals surface area contributed by atoms with Gasteiger partial charge in [-0.1, -0.05) is 52.1 Å². The van der Waals surface area contributed by atoms with E-state index in [0.717, 1.165) is 6.42 Å². The van der Waals surface area contributed by atoms with Gasteiger partial charge in [-0.25, -0.2) is 14.8 Å². The summed E-state index contributed by atoms with van der Waals surface area (Å²) in [7, 11) is 0. The summed E-state index contributed by atoms with van der Waals surface area (Å²) in [4.78, 5) is 49.2. The van der Waals surface area contributed by atoms with Gasteiger partial charge in [0.25, 0.3) is 5.92 Å². The van der Waals surface area contributed by atoms with Crippen LogP contribution >= 0.6 is 11.6 Å². The van der Waals surface area contributed by atoms with E-state index in [2.05, 4.69) is 9.97 Å². The molecule has 0 unspecified atom stereocenters. The van der Waals surface area contributed by atoms with Gasteiger partial charge >= 0.3 is 11.9 Å². The quantitative estimate of drug-likeness (QED) is 0.385. The van der Waals surface area contributed by atoms with Crippen LogP contribution in [0.2, 0.25) is 5.02 Å². The van der Waals surface area contributed by atoms with Crippen LogP contribution in [-0.2, 0) is 25.0 Å². The average molecular weight is 622 g/mol. The fraction of sp³-hybridized carbons (Fsp3) is 0.645. The minimum Gasteiger partial charge on any atom is -0.480 e. The predicted octanol–water partition coefficient (Wildman–Crippen LogP) is 6.00. The smallest absolute Gasteiger partial charge is 0.326 e. The van der Waals surface area contributed by atoms with Crippen LogP contribution in [-0.4, -0.2) is 62.6 Å². The van der Waals surface area contributed by atoms with Crippen molar-refractivity contribution in [3.8, 4) is 5.88 Å². The minimum absolute atomic E-state index is 0.171. The maximum absolute atomic E-state index is 15.8. The van der Waals surface area contributed by atoms with Crippen molar-refractivity contribution in [3.63, 3.8) is 0 Å². The number of carbonyl (C=O) groups is 3. The van der Waals surface area contributed by atoms with Gasteiger partial charge in [0.05, 0.1) is 29.9 Å².